The Kier molecular flexibility index (Phi) is 6.91. The monoisotopic (exact) mass is 388 g/mol. The largest absolute Gasteiger partial charge is 0.467 e. The number of aromatic nitrogens is 2. The van der Waals surface area contributed by atoms with E-state index >= 15 is 0 Å². The van der Waals surface area contributed by atoms with Gasteiger partial charge in [0.2, 0.25) is 0 Å². The third-order valence-electron chi connectivity index (χ3n) is 5.18. The van der Waals surface area contributed by atoms with Gasteiger partial charge in [-0.1, -0.05) is 0 Å². The molecule has 2 heterocycles. The van der Waals surface area contributed by atoms with Crippen LogP contribution >= 0.6 is 0 Å². The number of fused-ring (bicyclic) bond motifs is 1. The van der Waals surface area contributed by atoms with E-state index in [1.807, 2.05) is 23.9 Å². The van der Waals surface area contributed by atoms with Crippen LogP contribution in [0.2, 0.25) is 0 Å². The van der Waals surface area contributed by atoms with Gasteiger partial charge in [-0.05, 0) is 58.2 Å². The smallest absolute Gasteiger partial charge is 0.274 e. The van der Waals surface area contributed by atoms with Crippen molar-refractivity contribution in [2.24, 2.45) is 7.05 Å². The molecular weight excluding hydrogens is 356 g/mol. The minimum absolute atomic E-state index is 0.0563. The number of hydrogen-bond donors (Lipinski definition) is 1. The number of carbonyl (C=O) groups is 1. The first-order valence-electron chi connectivity index (χ1n) is 10.1. The Hall–Kier alpha value is -2.12. The average Bonchev–Trinajstić information content (AvgIpc) is 3.28. The highest BCUT2D eigenvalue weighted by Gasteiger charge is 2.29. The van der Waals surface area contributed by atoms with Gasteiger partial charge < -0.3 is 19.4 Å². The van der Waals surface area contributed by atoms with Crippen LogP contribution in [0.4, 0.5) is 0 Å². The van der Waals surface area contributed by atoms with Crippen molar-refractivity contribution >= 4 is 5.91 Å². The van der Waals surface area contributed by atoms with Crippen molar-refractivity contribution in [2.75, 3.05) is 20.2 Å². The van der Waals surface area contributed by atoms with E-state index in [1.54, 1.807) is 18.2 Å². The van der Waals surface area contributed by atoms with Crippen LogP contribution in [-0.2, 0) is 31.2 Å². The quantitative estimate of drug-likeness (QED) is 0.669. The zero-order chi connectivity index (χ0) is 20.1. The summed E-state index contributed by atoms with van der Waals surface area (Å²) in [5, 5.41) is 8.17. The molecule has 2 aromatic heterocycles. The molecule has 3 rings (SSSR count). The van der Waals surface area contributed by atoms with Gasteiger partial charge in [0, 0.05) is 38.0 Å². The molecule has 0 unspecified atom stereocenters. The Morgan fingerprint density at radius 1 is 1.50 bits per heavy atom. The summed E-state index contributed by atoms with van der Waals surface area (Å²) in [4.78, 5) is 14.7. The number of furan rings is 1. The number of nitrogens with zero attached hydrogens (tertiary/aromatic N) is 3. The van der Waals surface area contributed by atoms with Crippen LogP contribution in [0.3, 0.4) is 0 Å². The summed E-state index contributed by atoms with van der Waals surface area (Å²) in [6, 6.07) is 4.08. The summed E-state index contributed by atoms with van der Waals surface area (Å²) in [7, 11) is 3.72. The molecule has 1 N–H and O–H groups in total. The van der Waals surface area contributed by atoms with Gasteiger partial charge in [-0.2, -0.15) is 5.10 Å². The summed E-state index contributed by atoms with van der Waals surface area (Å²) in [5.41, 5.74) is 2.83. The van der Waals surface area contributed by atoms with Crippen LogP contribution in [0.1, 0.15) is 54.2 Å². The predicted octanol–water partition coefficient (Wildman–Crippen LogP) is 2.55. The summed E-state index contributed by atoms with van der Waals surface area (Å²) < 4.78 is 12.8. The van der Waals surface area contributed by atoms with Gasteiger partial charge in [-0.15, -0.1) is 0 Å². The number of nitrogens with one attached hydrogen (secondary N) is 1. The Morgan fingerprint density at radius 3 is 3.04 bits per heavy atom. The van der Waals surface area contributed by atoms with Gasteiger partial charge in [0.25, 0.3) is 5.91 Å². The van der Waals surface area contributed by atoms with E-state index in [4.69, 9.17) is 9.15 Å². The van der Waals surface area contributed by atoms with Crippen molar-refractivity contribution in [1.82, 2.24) is 20.0 Å². The lowest BCUT2D eigenvalue weighted by molar-refractivity contribution is 0.0766. The van der Waals surface area contributed by atoms with Gasteiger partial charge in [0.15, 0.2) is 5.69 Å². The Bertz CT molecular complexity index is 767. The Morgan fingerprint density at radius 2 is 2.32 bits per heavy atom. The summed E-state index contributed by atoms with van der Waals surface area (Å²) >= 11 is 0. The maximum Gasteiger partial charge on any atom is 0.274 e. The molecule has 0 saturated heterocycles. The first-order valence-corrected chi connectivity index (χ1v) is 10.1. The second-order valence-electron chi connectivity index (χ2n) is 7.80. The minimum Gasteiger partial charge on any atom is -0.467 e. The van der Waals surface area contributed by atoms with Gasteiger partial charge >= 0.3 is 0 Å². The molecule has 7 heteroatoms. The van der Waals surface area contributed by atoms with E-state index in [9.17, 15) is 4.79 Å². The van der Waals surface area contributed by atoms with Crippen molar-refractivity contribution < 1.29 is 13.9 Å². The molecule has 1 atom stereocenters. The highest BCUT2D eigenvalue weighted by molar-refractivity contribution is 5.94. The lowest BCUT2D eigenvalue weighted by Crippen LogP contribution is -2.36. The van der Waals surface area contributed by atoms with Crippen LogP contribution in [0.15, 0.2) is 22.8 Å². The van der Waals surface area contributed by atoms with Crippen molar-refractivity contribution in [3.8, 4) is 0 Å². The first-order chi connectivity index (χ1) is 13.5. The zero-order valence-corrected chi connectivity index (χ0v) is 17.4. The predicted molar refractivity (Wildman–Crippen MR) is 107 cm³/mol. The molecule has 1 aliphatic rings. The fraction of sp³-hybridized carbons (Fsp3) is 0.619. The van der Waals surface area contributed by atoms with Crippen LogP contribution in [0.25, 0.3) is 0 Å². The van der Waals surface area contributed by atoms with Crippen LogP contribution in [-0.4, -0.2) is 52.9 Å². The molecule has 0 aliphatic heterocycles. The van der Waals surface area contributed by atoms with Crippen LogP contribution < -0.4 is 5.32 Å². The normalized spacial score (nSPS) is 16.4. The number of aryl methyl sites for hydroxylation is 1. The number of rotatable bonds is 9. The summed E-state index contributed by atoms with van der Waals surface area (Å²) in [5.74, 6) is 0.711. The van der Waals surface area contributed by atoms with Gasteiger partial charge in [0.05, 0.1) is 18.9 Å². The number of hydrogen-bond acceptors (Lipinski definition) is 5. The number of amides is 1. The van der Waals surface area contributed by atoms with Gasteiger partial charge in [0.1, 0.15) is 5.76 Å². The van der Waals surface area contributed by atoms with Gasteiger partial charge in [-0.25, -0.2) is 0 Å². The minimum atomic E-state index is -0.0563. The molecule has 2 aromatic rings. The van der Waals surface area contributed by atoms with Crippen molar-refractivity contribution in [2.45, 2.75) is 58.2 Å². The average molecular weight is 389 g/mol. The molecule has 1 amide bonds. The molecule has 0 radical (unpaired) electrons. The first kappa shape index (κ1) is 20.6. The van der Waals surface area contributed by atoms with E-state index < -0.39 is 0 Å². The molecule has 154 valence electrons. The highest BCUT2D eigenvalue weighted by atomic mass is 16.5. The molecule has 7 nitrogen and oxygen atoms in total. The lowest BCUT2D eigenvalue weighted by Gasteiger charge is -2.25. The van der Waals surface area contributed by atoms with Crippen LogP contribution in [0, 0.1) is 0 Å². The van der Waals surface area contributed by atoms with E-state index in [0.29, 0.717) is 18.3 Å². The van der Waals surface area contributed by atoms with E-state index in [1.165, 1.54) is 5.69 Å². The van der Waals surface area contributed by atoms with E-state index in [0.717, 1.165) is 50.2 Å². The van der Waals surface area contributed by atoms with Crippen molar-refractivity contribution in [3.63, 3.8) is 0 Å². The van der Waals surface area contributed by atoms with Gasteiger partial charge in [-0.3, -0.25) is 9.48 Å². The summed E-state index contributed by atoms with van der Waals surface area (Å²) in [6.07, 6.45) is 5.73. The highest BCUT2D eigenvalue weighted by Crippen LogP contribution is 2.25. The molecule has 0 bridgehead atoms. The molecule has 0 aromatic carbocycles. The molecule has 0 spiro atoms. The fourth-order valence-electron chi connectivity index (χ4n) is 3.72. The van der Waals surface area contributed by atoms with E-state index in [-0.39, 0.29) is 12.0 Å². The zero-order valence-electron chi connectivity index (χ0n) is 17.4. The number of carbonyl (C=O) groups excluding carboxylic acids is 1. The lowest BCUT2D eigenvalue weighted by atomic mass is 9.91. The Labute approximate surface area is 167 Å². The van der Waals surface area contributed by atoms with Crippen molar-refractivity contribution in [3.05, 3.63) is 41.1 Å². The third-order valence-corrected chi connectivity index (χ3v) is 5.18. The fourth-order valence-corrected chi connectivity index (χ4v) is 3.72. The molecule has 0 fully saturated rings. The molecule has 1 aliphatic carbocycles. The Balaban J connectivity index is 1.60. The summed E-state index contributed by atoms with van der Waals surface area (Å²) in [6.45, 7) is 6.25. The molecule has 28 heavy (non-hydrogen) atoms. The van der Waals surface area contributed by atoms with Crippen molar-refractivity contribution in [1.29, 1.82) is 0 Å². The number of ether oxygens (including phenoxy) is 1. The maximum atomic E-state index is 13.0. The third kappa shape index (κ3) is 5.02. The standard InChI is InChI=1S/C21H32N4O3/c1-15(2)27-12-6-10-22-16-8-9-19-18(13-16)20(23-25(19)4)21(26)24(3)14-17-7-5-11-28-17/h5,7,11,15-16,22H,6,8-10,12-14H2,1-4H3/t16-/m1/s1. The second kappa shape index (κ2) is 9.39. The van der Waals surface area contributed by atoms with Crippen LogP contribution in [0.5, 0.6) is 0 Å². The second-order valence-corrected chi connectivity index (χ2v) is 7.80. The van der Waals surface area contributed by atoms with E-state index in [2.05, 4.69) is 24.3 Å². The maximum absolute atomic E-state index is 13.0. The molecular formula is C21H32N4O3. The topological polar surface area (TPSA) is 72.5 Å². The molecule has 0 saturated carbocycles. The SMILES string of the molecule is CC(C)OCCCN[C@@H]1CCc2c(c(C(=O)N(C)Cc3ccco3)nn2C)C1.